The first kappa shape index (κ1) is 8.31. The molecule has 0 aromatic rings. The van der Waals surface area contributed by atoms with Crippen molar-refractivity contribution in [3.63, 3.8) is 0 Å². The molecule has 1 aliphatic rings. The minimum atomic E-state index is 0.208. The van der Waals surface area contributed by atoms with Crippen LogP contribution in [-0.2, 0) is 4.79 Å². The lowest BCUT2D eigenvalue weighted by atomic mass is 10.0. The number of carbonyl (C=O) groups is 1. The molecular formula is C9H15NO. The van der Waals surface area contributed by atoms with Crippen molar-refractivity contribution in [1.82, 2.24) is 5.32 Å². The van der Waals surface area contributed by atoms with Crippen LogP contribution < -0.4 is 5.32 Å². The molecule has 2 heteroatoms. The highest BCUT2D eigenvalue weighted by Gasteiger charge is 2.19. The average molecular weight is 153 g/mol. The van der Waals surface area contributed by atoms with Gasteiger partial charge in [0.1, 0.15) is 0 Å². The molecule has 1 aliphatic heterocycles. The molecule has 0 aromatic heterocycles. The number of amides is 1. The van der Waals surface area contributed by atoms with Gasteiger partial charge in [-0.1, -0.05) is 19.1 Å². The van der Waals surface area contributed by atoms with Gasteiger partial charge in [-0.15, -0.1) is 0 Å². The summed E-state index contributed by atoms with van der Waals surface area (Å²) in [5, 5.41) is 2.82. The SMILES string of the molecule is CC/C=C/CC1CNC(=O)C1. The van der Waals surface area contributed by atoms with Crippen molar-refractivity contribution in [1.29, 1.82) is 0 Å². The molecule has 62 valence electrons. The lowest BCUT2D eigenvalue weighted by molar-refractivity contribution is -0.119. The molecule has 1 amide bonds. The predicted octanol–water partition coefficient (Wildman–Crippen LogP) is 1.48. The van der Waals surface area contributed by atoms with E-state index in [1.54, 1.807) is 0 Å². The number of rotatable bonds is 3. The third kappa shape index (κ3) is 2.74. The van der Waals surface area contributed by atoms with Gasteiger partial charge in [0.05, 0.1) is 0 Å². The maximum absolute atomic E-state index is 10.8. The molecule has 11 heavy (non-hydrogen) atoms. The summed E-state index contributed by atoms with van der Waals surface area (Å²) < 4.78 is 0. The Hall–Kier alpha value is -0.790. The minimum Gasteiger partial charge on any atom is -0.356 e. The van der Waals surface area contributed by atoms with Crippen molar-refractivity contribution in [3.8, 4) is 0 Å². The monoisotopic (exact) mass is 153 g/mol. The summed E-state index contributed by atoms with van der Waals surface area (Å²) in [4.78, 5) is 10.8. The van der Waals surface area contributed by atoms with Crippen LogP contribution >= 0.6 is 0 Å². The molecule has 0 bridgehead atoms. The molecule has 0 aliphatic carbocycles. The molecule has 1 N–H and O–H groups in total. The van der Waals surface area contributed by atoms with Crippen molar-refractivity contribution >= 4 is 5.91 Å². The second-order valence-electron chi connectivity index (χ2n) is 2.99. The van der Waals surface area contributed by atoms with E-state index in [1.807, 2.05) is 0 Å². The molecule has 1 atom stereocenters. The van der Waals surface area contributed by atoms with Crippen LogP contribution in [0.15, 0.2) is 12.2 Å². The van der Waals surface area contributed by atoms with Gasteiger partial charge in [-0.05, 0) is 18.8 Å². The van der Waals surface area contributed by atoms with Crippen molar-refractivity contribution in [3.05, 3.63) is 12.2 Å². The van der Waals surface area contributed by atoms with Gasteiger partial charge in [-0.25, -0.2) is 0 Å². The van der Waals surface area contributed by atoms with Crippen molar-refractivity contribution in [2.24, 2.45) is 5.92 Å². The zero-order chi connectivity index (χ0) is 8.10. The van der Waals surface area contributed by atoms with Crippen LogP contribution in [0.2, 0.25) is 0 Å². The number of allylic oxidation sites excluding steroid dienone is 2. The summed E-state index contributed by atoms with van der Waals surface area (Å²) in [5.74, 6) is 0.755. The van der Waals surface area contributed by atoms with E-state index in [2.05, 4.69) is 24.4 Å². The van der Waals surface area contributed by atoms with E-state index in [0.717, 1.165) is 19.4 Å². The van der Waals surface area contributed by atoms with E-state index in [9.17, 15) is 4.79 Å². The van der Waals surface area contributed by atoms with E-state index >= 15 is 0 Å². The number of nitrogens with one attached hydrogen (secondary N) is 1. The average Bonchev–Trinajstić information content (AvgIpc) is 2.37. The molecule has 1 rings (SSSR count). The summed E-state index contributed by atoms with van der Waals surface area (Å²) in [6.07, 6.45) is 7.18. The number of hydrogen-bond acceptors (Lipinski definition) is 1. The highest BCUT2D eigenvalue weighted by molar-refractivity contribution is 5.78. The summed E-state index contributed by atoms with van der Waals surface area (Å²) in [6.45, 7) is 2.99. The Morgan fingerprint density at radius 3 is 3.00 bits per heavy atom. The van der Waals surface area contributed by atoms with Crippen molar-refractivity contribution in [2.75, 3.05) is 6.54 Å². The van der Waals surface area contributed by atoms with Crippen LogP contribution in [0.25, 0.3) is 0 Å². The highest BCUT2D eigenvalue weighted by atomic mass is 16.1. The van der Waals surface area contributed by atoms with Gasteiger partial charge in [0.2, 0.25) is 5.91 Å². The minimum absolute atomic E-state index is 0.208. The zero-order valence-electron chi connectivity index (χ0n) is 6.97. The summed E-state index contributed by atoms with van der Waals surface area (Å²) in [5.41, 5.74) is 0. The molecule has 1 heterocycles. The largest absolute Gasteiger partial charge is 0.356 e. The third-order valence-electron chi connectivity index (χ3n) is 1.93. The normalized spacial score (nSPS) is 24.5. The maximum Gasteiger partial charge on any atom is 0.220 e. The fourth-order valence-electron chi connectivity index (χ4n) is 1.29. The molecule has 0 aromatic carbocycles. The van der Waals surface area contributed by atoms with Gasteiger partial charge >= 0.3 is 0 Å². The fourth-order valence-corrected chi connectivity index (χ4v) is 1.29. The van der Waals surface area contributed by atoms with Gasteiger partial charge in [0.25, 0.3) is 0 Å². The van der Waals surface area contributed by atoms with Crippen LogP contribution in [0.5, 0.6) is 0 Å². The Morgan fingerprint density at radius 1 is 1.64 bits per heavy atom. The van der Waals surface area contributed by atoms with Crippen LogP contribution in [0.1, 0.15) is 26.2 Å². The van der Waals surface area contributed by atoms with Crippen LogP contribution in [0.4, 0.5) is 0 Å². The molecule has 1 unspecified atom stereocenters. The Bertz CT molecular complexity index is 163. The molecular weight excluding hydrogens is 138 g/mol. The summed E-state index contributed by atoms with van der Waals surface area (Å²) in [6, 6.07) is 0. The molecule has 0 spiro atoms. The van der Waals surface area contributed by atoms with Crippen LogP contribution in [0, 0.1) is 5.92 Å². The van der Waals surface area contributed by atoms with E-state index in [4.69, 9.17) is 0 Å². The van der Waals surface area contributed by atoms with Gasteiger partial charge in [-0.2, -0.15) is 0 Å². The highest BCUT2D eigenvalue weighted by Crippen LogP contribution is 2.13. The van der Waals surface area contributed by atoms with Gasteiger partial charge < -0.3 is 5.32 Å². The second kappa shape index (κ2) is 4.16. The summed E-state index contributed by atoms with van der Waals surface area (Å²) >= 11 is 0. The lowest BCUT2D eigenvalue weighted by Crippen LogP contribution is -2.13. The fraction of sp³-hybridized carbons (Fsp3) is 0.667. The first-order valence-electron chi connectivity index (χ1n) is 4.24. The molecule has 1 fully saturated rings. The predicted molar refractivity (Wildman–Crippen MR) is 45.2 cm³/mol. The Labute approximate surface area is 67.7 Å². The lowest BCUT2D eigenvalue weighted by Gasteiger charge is -1.99. The molecule has 0 radical (unpaired) electrons. The van der Waals surface area contributed by atoms with E-state index in [0.29, 0.717) is 12.3 Å². The van der Waals surface area contributed by atoms with E-state index < -0.39 is 0 Å². The smallest absolute Gasteiger partial charge is 0.220 e. The van der Waals surface area contributed by atoms with Gasteiger partial charge in [0, 0.05) is 13.0 Å². The topological polar surface area (TPSA) is 29.1 Å². The van der Waals surface area contributed by atoms with Crippen LogP contribution in [-0.4, -0.2) is 12.5 Å². The first-order chi connectivity index (χ1) is 5.33. The summed E-state index contributed by atoms with van der Waals surface area (Å²) in [7, 11) is 0. The van der Waals surface area contributed by atoms with Crippen LogP contribution in [0.3, 0.4) is 0 Å². The number of hydrogen-bond donors (Lipinski definition) is 1. The van der Waals surface area contributed by atoms with E-state index in [1.165, 1.54) is 0 Å². The Kier molecular flexibility index (Phi) is 3.14. The first-order valence-corrected chi connectivity index (χ1v) is 4.24. The molecule has 2 nitrogen and oxygen atoms in total. The van der Waals surface area contributed by atoms with Gasteiger partial charge in [0.15, 0.2) is 0 Å². The van der Waals surface area contributed by atoms with Crippen molar-refractivity contribution in [2.45, 2.75) is 26.2 Å². The Balaban J connectivity index is 2.18. The van der Waals surface area contributed by atoms with Crippen molar-refractivity contribution < 1.29 is 4.79 Å². The van der Waals surface area contributed by atoms with Gasteiger partial charge in [-0.3, -0.25) is 4.79 Å². The third-order valence-corrected chi connectivity index (χ3v) is 1.93. The standard InChI is InChI=1S/C9H15NO/c1-2-3-4-5-8-6-9(11)10-7-8/h3-4,8H,2,5-7H2,1H3,(H,10,11)/b4-3+. The molecule has 0 saturated carbocycles. The maximum atomic E-state index is 10.8. The van der Waals surface area contributed by atoms with E-state index in [-0.39, 0.29) is 5.91 Å². The zero-order valence-corrected chi connectivity index (χ0v) is 6.97. The Morgan fingerprint density at radius 2 is 2.45 bits per heavy atom. The second-order valence-corrected chi connectivity index (χ2v) is 2.99. The quantitative estimate of drug-likeness (QED) is 0.611. The molecule has 1 saturated heterocycles. The number of carbonyl (C=O) groups excluding carboxylic acids is 1.